The third-order valence-corrected chi connectivity index (χ3v) is 12.0. The summed E-state index contributed by atoms with van der Waals surface area (Å²) in [5.74, 6) is -6.83. The zero-order chi connectivity index (χ0) is 48.4. The summed E-state index contributed by atoms with van der Waals surface area (Å²) in [6, 6.07) is -1.15. The number of ether oxygens (including phenoxy) is 4. The Balaban J connectivity index is 1.86. The molecule has 0 saturated carbocycles. The molecule has 0 amide bonds. The van der Waals surface area contributed by atoms with Crippen molar-refractivity contribution in [1.82, 2.24) is 0 Å². The maximum atomic E-state index is 12.6. The molecule has 2 saturated heterocycles. The van der Waals surface area contributed by atoms with E-state index in [-0.39, 0.29) is 31.6 Å². The molecule has 3 heterocycles. The van der Waals surface area contributed by atoms with Gasteiger partial charge in [0, 0.05) is 37.5 Å². The van der Waals surface area contributed by atoms with E-state index >= 15 is 0 Å². The maximum absolute atomic E-state index is 12.6. The summed E-state index contributed by atoms with van der Waals surface area (Å²) >= 11 is 0. The summed E-state index contributed by atoms with van der Waals surface area (Å²) in [5.41, 5.74) is 6.02. The van der Waals surface area contributed by atoms with Crippen LogP contribution in [-0.4, -0.2) is 166 Å². The van der Waals surface area contributed by atoms with Gasteiger partial charge in [-0.15, -0.1) is 0 Å². The number of aliphatic hydroxyl groups excluding tert-OH is 9. The summed E-state index contributed by atoms with van der Waals surface area (Å²) in [7, 11) is 0. The minimum atomic E-state index is -2.33. The molecule has 0 radical (unpaired) electrons. The first-order valence-corrected chi connectivity index (χ1v) is 22.3. The van der Waals surface area contributed by atoms with Crippen LogP contribution in [0.5, 0.6) is 0 Å². The number of aliphatic hydroxyl groups is 10. The molecule has 0 aromatic heterocycles. The average molecular weight is 924 g/mol. The number of allylic oxidation sites excluding steroid dienone is 12. The van der Waals surface area contributed by atoms with Crippen molar-refractivity contribution in [2.45, 2.75) is 177 Å². The number of nitrogens with two attached hydrogens (primary N) is 1. The number of carboxylic acids is 1. The molecule has 19 atom stereocenters. The van der Waals surface area contributed by atoms with Gasteiger partial charge in [-0.25, -0.2) is 0 Å². The van der Waals surface area contributed by atoms with E-state index in [2.05, 4.69) is 0 Å². The first-order chi connectivity index (χ1) is 30.6. The Bertz CT molecular complexity index is 1670. The molecular weight excluding hydrogens is 851 g/mol. The number of carbonyl (C=O) groups is 2. The molecule has 0 unspecified atom stereocenters. The Morgan fingerprint density at radius 2 is 1.23 bits per heavy atom. The molecule has 0 aromatic carbocycles. The zero-order valence-electron chi connectivity index (χ0n) is 37.6. The Kier molecular flexibility index (Phi) is 23.6. The van der Waals surface area contributed by atoms with Gasteiger partial charge in [-0.05, 0) is 33.1 Å². The van der Waals surface area contributed by atoms with Crippen LogP contribution in [0.3, 0.4) is 0 Å². The van der Waals surface area contributed by atoms with Gasteiger partial charge in [-0.3, -0.25) is 9.59 Å². The number of hydrogen-bond donors (Lipinski definition) is 12. The molecule has 18 nitrogen and oxygen atoms in total. The lowest BCUT2D eigenvalue weighted by Gasteiger charge is -2.45. The summed E-state index contributed by atoms with van der Waals surface area (Å²) < 4.78 is 23.1. The van der Waals surface area contributed by atoms with Crippen molar-refractivity contribution in [3.05, 3.63) is 85.1 Å². The number of hydrogen-bond acceptors (Lipinski definition) is 17. The van der Waals surface area contributed by atoms with Crippen molar-refractivity contribution in [2.24, 2.45) is 23.5 Å². The Labute approximate surface area is 381 Å². The van der Waals surface area contributed by atoms with Crippen LogP contribution in [0.1, 0.15) is 79.1 Å². The standard InChI is InChI=1S/C47H73NO17/c1-27-17-15-13-11-9-7-5-6-8-10-12-14-16-18-34(64-46-44(58)41(48)43(57)30(4)63-46)24-38-40(45(59)60)37(54)26-47(61,65-38)25-33(51)22-36(53)35(52)20-19-31(49)21-32(50)23-39(55)62-29(3)28(2)42(27)56/h5-18,27-38,40-44,46,49-54,56-58,61H,19-26,48H2,1-4H3,(H,59,60)/b6-5+,9-7+,10-8+,13-11+,14-12+,17-15+,18-16+/t27-,28-,29-,30+,31+,32+,33-,34-,35+,36+,37-,38-,40+,41-,42+,43+,44-,46+,47+/m0/s1. The first-order valence-electron chi connectivity index (χ1n) is 22.3. The highest BCUT2D eigenvalue weighted by Gasteiger charge is 2.51. The highest BCUT2D eigenvalue weighted by Crippen LogP contribution is 2.38. The lowest BCUT2D eigenvalue weighted by molar-refractivity contribution is -0.308. The van der Waals surface area contributed by atoms with Gasteiger partial charge in [0.25, 0.3) is 0 Å². The van der Waals surface area contributed by atoms with Crippen molar-refractivity contribution in [2.75, 3.05) is 0 Å². The van der Waals surface area contributed by atoms with Crippen molar-refractivity contribution >= 4 is 11.9 Å². The van der Waals surface area contributed by atoms with Gasteiger partial charge in [0.1, 0.15) is 18.1 Å². The zero-order valence-corrected chi connectivity index (χ0v) is 37.6. The van der Waals surface area contributed by atoms with E-state index in [1.54, 1.807) is 80.7 Å². The Hall–Kier alpha value is -3.44. The van der Waals surface area contributed by atoms with Crippen LogP contribution in [0.25, 0.3) is 0 Å². The van der Waals surface area contributed by atoms with Gasteiger partial charge >= 0.3 is 11.9 Å². The molecule has 18 heteroatoms. The van der Waals surface area contributed by atoms with E-state index in [1.165, 1.54) is 13.0 Å². The van der Waals surface area contributed by atoms with E-state index in [4.69, 9.17) is 24.7 Å². The van der Waals surface area contributed by atoms with Crippen molar-refractivity contribution in [3.63, 3.8) is 0 Å². The van der Waals surface area contributed by atoms with Gasteiger partial charge in [0.15, 0.2) is 12.1 Å². The Morgan fingerprint density at radius 1 is 0.662 bits per heavy atom. The Morgan fingerprint density at radius 3 is 1.82 bits per heavy atom. The molecule has 0 aromatic rings. The van der Waals surface area contributed by atoms with Gasteiger partial charge in [0.05, 0.1) is 79.6 Å². The predicted molar refractivity (Wildman–Crippen MR) is 237 cm³/mol. The third kappa shape index (κ3) is 18.6. The molecule has 0 aliphatic carbocycles. The summed E-state index contributed by atoms with van der Waals surface area (Å²) in [6.07, 6.45) is 3.46. The number of aliphatic carboxylic acids is 1. The van der Waals surface area contributed by atoms with Crippen LogP contribution in [0.15, 0.2) is 85.1 Å². The van der Waals surface area contributed by atoms with E-state index in [1.807, 2.05) is 19.1 Å². The van der Waals surface area contributed by atoms with Crippen molar-refractivity contribution < 1.29 is 84.7 Å². The second-order valence-corrected chi connectivity index (χ2v) is 17.6. The highest BCUT2D eigenvalue weighted by atomic mass is 16.7. The SMILES string of the molecule is C[C@@H]1[C@H](O)[C@@H](C)/C=C/C=C/C=C/C=C/C=C/C=C/C=C/[C@H](O[C@H]2O[C@H](C)[C@@H](O)[C@H](N)[C@@H]2O)C[C@@H]2O[C@](O)(C[C@@H](O)C[C@@H](O)[C@H](O)CC[C@@H](O)C[C@@H](O)CC(=O)O[C@H]1C)C[C@H](O)[C@H]2C(=O)O. The largest absolute Gasteiger partial charge is 0.481 e. The van der Waals surface area contributed by atoms with Crippen molar-refractivity contribution in [1.29, 1.82) is 0 Å². The topological polar surface area (TPSA) is 320 Å². The minimum absolute atomic E-state index is 0.107. The van der Waals surface area contributed by atoms with Gasteiger partial charge < -0.3 is 80.9 Å². The first kappa shape index (κ1) is 55.9. The molecule has 2 fully saturated rings. The molecule has 3 rings (SSSR count). The fourth-order valence-electron chi connectivity index (χ4n) is 7.97. The van der Waals surface area contributed by atoms with Gasteiger partial charge in [0.2, 0.25) is 0 Å². The molecule has 3 aliphatic heterocycles. The molecule has 368 valence electrons. The van der Waals surface area contributed by atoms with E-state index in [9.17, 15) is 65.8 Å². The summed E-state index contributed by atoms with van der Waals surface area (Å²) in [4.78, 5) is 25.1. The third-order valence-electron chi connectivity index (χ3n) is 12.0. The van der Waals surface area contributed by atoms with Crippen molar-refractivity contribution in [3.8, 4) is 0 Å². The molecule has 2 bridgehead atoms. The van der Waals surface area contributed by atoms with Crippen LogP contribution >= 0.6 is 0 Å². The molecule has 0 spiro atoms. The number of rotatable bonds is 3. The molecule has 3 aliphatic rings. The summed E-state index contributed by atoms with van der Waals surface area (Å²) in [5, 5.41) is 118. The smallest absolute Gasteiger partial charge is 0.311 e. The quantitative estimate of drug-likeness (QED) is 0.174. The number of carboxylic acid groups (broad SMARTS) is 1. The number of carbonyl (C=O) groups excluding carboxylic acids is 1. The van der Waals surface area contributed by atoms with Gasteiger partial charge in [-0.2, -0.15) is 0 Å². The number of fused-ring (bicyclic) bond motifs is 2. The van der Waals surface area contributed by atoms with Crippen LogP contribution < -0.4 is 5.73 Å². The molecular formula is C47H73NO17. The number of cyclic esters (lactones) is 1. The monoisotopic (exact) mass is 923 g/mol. The van der Waals surface area contributed by atoms with Crippen LogP contribution in [-0.2, 0) is 28.5 Å². The fraction of sp³-hybridized carbons (Fsp3) is 0.660. The minimum Gasteiger partial charge on any atom is -0.481 e. The fourth-order valence-corrected chi connectivity index (χ4v) is 7.97. The number of esters is 1. The average Bonchev–Trinajstić information content (AvgIpc) is 3.21. The normalized spacial score (nSPS) is 45.5. The summed E-state index contributed by atoms with van der Waals surface area (Å²) in [6.45, 7) is 6.74. The molecule has 13 N–H and O–H groups in total. The molecule has 65 heavy (non-hydrogen) atoms. The van der Waals surface area contributed by atoms with E-state index in [0.29, 0.717) is 0 Å². The van der Waals surface area contributed by atoms with Crippen LogP contribution in [0.2, 0.25) is 0 Å². The second-order valence-electron chi connectivity index (χ2n) is 17.6. The lowest BCUT2D eigenvalue weighted by Crippen LogP contribution is -2.61. The highest BCUT2D eigenvalue weighted by molar-refractivity contribution is 5.71. The lowest BCUT2D eigenvalue weighted by atomic mass is 9.82. The van der Waals surface area contributed by atoms with E-state index < -0.39 is 147 Å². The second kappa shape index (κ2) is 27.4. The van der Waals surface area contributed by atoms with E-state index in [0.717, 1.165) is 0 Å². The predicted octanol–water partition coefficient (Wildman–Crippen LogP) is 0.712. The van der Waals surface area contributed by atoms with Gasteiger partial charge in [-0.1, -0.05) is 98.9 Å². The van der Waals surface area contributed by atoms with Crippen LogP contribution in [0.4, 0.5) is 0 Å². The maximum Gasteiger partial charge on any atom is 0.311 e. The van der Waals surface area contributed by atoms with Crippen LogP contribution in [0, 0.1) is 17.8 Å².